The van der Waals surface area contributed by atoms with Gasteiger partial charge in [0.15, 0.2) is 0 Å². The number of aliphatic hydroxyl groups is 1. The van der Waals surface area contributed by atoms with Crippen molar-refractivity contribution >= 4 is 23.0 Å². The molecule has 37 heavy (non-hydrogen) atoms. The number of β-amino-alcohol motifs (C(OH)–C–C–N with tert-alkyl or cyclic N) is 1. The standard InChI is InChI=1S/C27H40N6O4/c1-18(2)32-24-6-4-5-7-25(24)33(27(32)37)26(36)28-20-14-21-8-9-22(15-20)31(21)17-23(35)16-29-10-12-30(13-11-29)19(3)34/h4-7,18,20-23,35H,8-17H2,1-3H3,(H,28,36)/t20?,21-,22+,23-/m1/s1. The molecule has 2 amide bonds. The van der Waals surface area contributed by atoms with E-state index in [0.29, 0.717) is 30.7 Å². The molecule has 0 spiro atoms. The Balaban J connectivity index is 1.19. The summed E-state index contributed by atoms with van der Waals surface area (Å²) in [6.45, 7) is 9.78. The molecule has 3 aliphatic rings. The van der Waals surface area contributed by atoms with Gasteiger partial charge in [0.25, 0.3) is 0 Å². The zero-order chi connectivity index (χ0) is 26.3. The highest BCUT2D eigenvalue weighted by atomic mass is 16.3. The summed E-state index contributed by atoms with van der Waals surface area (Å²) < 4.78 is 2.95. The second-order valence-electron chi connectivity index (χ2n) is 11.2. The SMILES string of the molecule is CC(=O)N1CCN(C[C@@H](O)CN2[C@@H]3CC[C@H]2CC(NC(=O)n2c(=O)n(C(C)C)c4ccccc42)C3)CC1. The van der Waals surface area contributed by atoms with Crippen molar-refractivity contribution in [3.8, 4) is 0 Å². The molecule has 1 aromatic heterocycles. The highest BCUT2D eigenvalue weighted by Crippen LogP contribution is 2.36. The molecule has 0 saturated carbocycles. The number of hydrogen-bond acceptors (Lipinski definition) is 6. The van der Waals surface area contributed by atoms with E-state index in [2.05, 4.69) is 15.1 Å². The Morgan fingerprint density at radius 1 is 1.00 bits per heavy atom. The van der Waals surface area contributed by atoms with Gasteiger partial charge < -0.3 is 15.3 Å². The van der Waals surface area contributed by atoms with Gasteiger partial charge in [0.05, 0.1) is 17.1 Å². The van der Waals surface area contributed by atoms with Gasteiger partial charge in [-0.2, -0.15) is 0 Å². The molecule has 2 aromatic rings. The van der Waals surface area contributed by atoms with Crippen LogP contribution in [-0.4, -0.2) is 104 Å². The highest BCUT2D eigenvalue weighted by molar-refractivity contribution is 5.89. The van der Waals surface area contributed by atoms with Crippen LogP contribution in [-0.2, 0) is 4.79 Å². The first-order valence-electron chi connectivity index (χ1n) is 13.7. The van der Waals surface area contributed by atoms with Crippen LogP contribution in [0.4, 0.5) is 4.79 Å². The molecule has 2 bridgehead atoms. The van der Waals surface area contributed by atoms with Crippen molar-refractivity contribution in [2.24, 2.45) is 0 Å². The number of para-hydroxylation sites is 2. The number of aromatic nitrogens is 2. The number of piperazine rings is 1. The number of benzene rings is 1. The van der Waals surface area contributed by atoms with Crippen molar-refractivity contribution < 1.29 is 14.7 Å². The summed E-state index contributed by atoms with van der Waals surface area (Å²) in [6.07, 6.45) is 3.33. The molecule has 5 rings (SSSR count). The summed E-state index contributed by atoms with van der Waals surface area (Å²) in [5.74, 6) is 0.113. The average molecular weight is 513 g/mol. The maximum Gasteiger partial charge on any atom is 0.337 e. The molecule has 4 heterocycles. The van der Waals surface area contributed by atoms with E-state index in [0.717, 1.165) is 57.4 Å². The average Bonchev–Trinajstić information content (AvgIpc) is 3.27. The molecule has 0 aliphatic carbocycles. The minimum Gasteiger partial charge on any atom is -0.390 e. The van der Waals surface area contributed by atoms with Crippen molar-refractivity contribution in [2.75, 3.05) is 39.3 Å². The summed E-state index contributed by atoms with van der Waals surface area (Å²) in [7, 11) is 0. The molecular weight excluding hydrogens is 472 g/mol. The molecule has 10 nitrogen and oxygen atoms in total. The van der Waals surface area contributed by atoms with Gasteiger partial charge in [-0.15, -0.1) is 0 Å². The van der Waals surface area contributed by atoms with Crippen molar-refractivity contribution in [3.05, 3.63) is 34.7 Å². The van der Waals surface area contributed by atoms with Crippen LogP contribution in [0, 0.1) is 0 Å². The van der Waals surface area contributed by atoms with Crippen LogP contribution < -0.4 is 11.0 Å². The van der Waals surface area contributed by atoms with Gasteiger partial charge in [-0.25, -0.2) is 14.2 Å². The number of imidazole rings is 1. The number of amides is 2. The predicted molar refractivity (Wildman–Crippen MR) is 142 cm³/mol. The van der Waals surface area contributed by atoms with Crippen molar-refractivity contribution in [1.82, 2.24) is 29.2 Å². The second kappa shape index (κ2) is 10.6. The predicted octanol–water partition coefficient (Wildman–Crippen LogP) is 1.46. The lowest BCUT2D eigenvalue weighted by molar-refractivity contribution is -0.130. The lowest BCUT2D eigenvalue weighted by Gasteiger charge is -2.41. The molecule has 3 fully saturated rings. The second-order valence-corrected chi connectivity index (χ2v) is 11.2. The fraction of sp³-hybridized carbons (Fsp3) is 0.667. The Morgan fingerprint density at radius 2 is 1.62 bits per heavy atom. The van der Waals surface area contributed by atoms with Gasteiger partial charge in [0.1, 0.15) is 0 Å². The van der Waals surface area contributed by atoms with E-state index in [1.54, 1.807) is 11.5 Å². The Labute approximate surface area is 217 Å². The first-order chi connectivity index (χ1) is 17.7. The third-order valence-corrected chi connectivity index (χ3v) is 8.42. The number of carbonyl (C=O) groups excluding carboxylic acids is 2. The largest absolute Gasteiger partial charge is 0.390 e. The molecule has 1 unspecified atom stereocenters. The van der Waals surface area contributed by atoms with Gasteiger partial charge >= 0.3 is 11.7 Å². The monoisotopic (exact) mass is 512 g/mol. The summed E-state index contributed by atoms with van der Waals surface area (Å²) in [5.41, 5.74) is 1.09. The van der Waals surface area contributed by atoms with E-state index in [-0.39, 0.29) is 29.7 Å². The molecule has 0 radical (unpaired) electrons. The maximum atomic E-state index is 13.3. The van der Waals surface area contributed by atoms with E-state index in [1.807, 2.05) is 43.0 Å². The third-order valence-electron chi connectivity index (χ3n) is 8.42. The first kappa shape index (κ1) is 25.9. The molecule has 202 valence electrons. The van der Waals surface area contributed by atoms with Crippen LogP contribution in [0.1, 0.15) is 52.5 Å². The number of aliphatic hydroxyl groups excluding tert-OH is 1. The molecule has 1 aromatic carbocycles. The minimum absolute atomic E-state index is 0.00566. The Hall–Kier alpha value is -2.69. The summed E-state index contributed by atoms with van der Waals surface area (Å²) >= 11 is 0. The van der Waals surface area contributed by atoms with E-state index >= 15 is 0 Å². The van der Waals surface area contributed by atoms with Crippen LogP contribution in [0.3, 0.4) is 0 Å². The van der Waals surface area contributed by atoms with Crippen LogP contribution in [0.25, 0.3) is 11.0 Å². The summed E-state index contributed by atoms with van der Waals surface area (Å²) in [6, 6.07) is 7.69. The van der Waals surface area contributed by atoms with Crippen molar-refractivity contribution in [2.45, 2.75) is 76.7 Å². The van der Waals surface area contributed by atoms with Crippen LogP contribution >= 0.6 is 0 Å². The van der Waals surface area contributed by atoms with E-state index in [4.69, 9.17) is 0 Å². The smallest absolute Gasteiger partial charge is 0.337 e. The number of hydrogen-bond donors (Lipinski definition) is 2. The molecule has 3 aliphatic heterocycles. The topological polar surface area (TPSA) is 103 Å². The van der Waals surface area contributed by atoms with Crippen LogP contribution in [0.15, 0.2) is 29.1 Å². The maximum absolute atomic E-state index is 13.3. The number of nitrogens with one attached hydrogen (secondary N) is 1. The molecule has 10 heteroatoms. The fourth-order valence-corrected chi connectivity index (χ4v) is 6.64. The van der Waals surface area contributed by atoms with Gasteiger partial charge in [-0.1, -0.05) is 12.1 Å². The number of fused-ring (bicyclic) bond motifs is 3. The lowest BCUT2D eigenvalue weighted by atomic mass is 9.97. The van der Waals surface area contributed by atoms with Crippen molar-refractivity contribution in [3.63, 3.8) is 0 Å². The minimum atomic E-state index is -0.446. The molecule has 4 atom stereocenters. The van der Waals surface area contributed by atoms with Crippen LogP contribution in [0.2, 0.25) is 0 Å². The Bertz CT molecular complexity index is 1180. The number of nitrogens with zero attached hydrogens (tertiary/aromatic N) is 5. The number of piperidine rings is 1. The number of carbonyl (C=O) groups is 2. The fourth-order valence-electron chi connectivity index (χ4n) is 6.64. The molecule has 3 saturated heterocycles. The summed E-state index contributed by atoms with van der Waals surface area (Å²) in [5, 5.41) is 14.0. The van der Waals surface area contributed by atoms with Gasteiger partial charge in [0, 0.05) is 70.4 Å². The lowest BCUT2D eigenvalue weighted by Crippen LogP contribution is -2.55. The Morgan fingerprint density at radius 3 is 2.22 bits per heavy atom. The molecule has 2 N–H and O–H groups in total. The van der Waals surface area contributed by atoms with E-state index in [9.17, 15) is 19.5 Å². The molecular formula is C27H40N6O4. The summed E-state index contributed by atoms with van der Waals surface area (Å²) in [4.78, 5) is 44.5. The van der Waals surface area contributed by atoms with E-state index in [1.165, 1.54) is 4.57 Å². The highest BCUT2D eigenvalue weighted by Gasteiger charge is 2.42. The van der Waals surface area contributed by atoms with Gasteiger partial charge in [0.2, 0.25) is 5.91 Å². The normalized spacial score (nSPS) is 25.6. The zero-order valence-electron chi connectivity index (χ0n) is 22.2. The zero-order valence-corrected chi connectivity index (χ0v) is 22.2. The number of rotatable bonds is 6. The van der Waals surface area contributed by atoms with Crippen molar-refractivity contribution in [1.29, 1.82) is 0 Å². The first-order valence-corrected chi connectivity index (χ1v) is 13.7. The third kappa shape index (κ3) is 5.19. The van der Waals surface area contributed by atoms with E-state index < -0.39 is 6.10 Å². The van der Waals surface area contributed by atoms with Crippen LogP contribution in [0.5, 0.6) is 0 Å². The Kier molecular flexibility index (Phi) is 7.42. The van der Waals surface area contributed by atoms with Gasteiger partial charge in [-0.05, 0) is 51.7 Å². The quantitative estimate of drug-likeness (QED) is 0.608. The van der Waals surface area contributed by atoms with Gasteiger partial charge in [-0.3, -0.25) is 19.2 Å².